The first kappa shape index (κ1) is 23.5. The van der Waals surface area contributed by atoms with Gasteiger partial charge in [-0.2, -0.15) is 0 Å². The maximum absolute atomic E-state index is 13.7. The first-order valence-corrected chi connectivity index (χ1v) is 11.6. The Morgan fingerprint density at radius 1 is 1.27 bits per heavy atom. The number of likely N-dealkylation sites (tertiary alicyclic amines) is 1. The number of benzene rings is 1. The number of nitrogens with zero attached hydrogens (tertiary/aromatic N) is 1. The minimum atomic E-state index is -1.11. The number of nitrogens with one attached hydrogen (secondary N) is 2. The number of methoxy groups -OCH3 is 1. The third-order valence-corrected chi connectivity index (χ3v) is 7.39. The summed E-state index contributed by atoms with van der Waals surface area (Å²) in [6, 6.07) is 5.36. The van der Waals surface area contributed by atoms with Crippen LogP contribution in [0.25, 0.3) is 0 Å². The summed E-state index contributed by atoms with van der Waals surface area (Å²) < 4.78 is 11.7. The van der Waals surface area contributed by atoms with Gasteiger partial charge in [-0.3, -0.25) is 14.4 Å². The van der Waals surface area contributed by atoms with E-state index in [9.17, 15) is 19.5 Å². The molecule has 3 N–H and O–H groups in total. The van der Waals surface area contributed by atoms with E-state index in [2.05, 4.69) is 10.6 Å². The highest BCUT2D eigenvalue weighted by Gasteiger charge is 2.78. The van der Waals surface area contributed by atoms with Gasteiger partial charge in [0.2, 0.25) is 17.7 Å². The molecule has 9 nitrogen and oxygen atoms in total. The fourth-order valence-electron chi connectivity index (χ4n) is 5.87. The van der Waals surface area contributed by atoms with Gasteiger partial charge in [0.05, 0.1) is 37.2 Å². The Balaban J connectivity index is 1.70. The highest BCUT2D eigenvalue weighted by molar-refractivity contribution is 6.03. The van der Waals surface area contributed by atoms with E-state index in [4.69, 9.17) is 9.47 Å². The molecule has 2 bridgehead atoms. The van der Waals surface area contributed by atoms with E-state index in [0.29, 0.717) is 30.8 Å². The number of aliphatic hydroxyl groups excluding tert-OH is 1. The van der Waals surface area contributed by atoms with Gasteiger partial charge in [-0.15, -0.1) is 0 Å². The summed E-state index contributed by atoms with van der Waals surface area (Å²) in [7, 11) is 1.56. The summed E-state index contributed by atoms with van der Waals surface area (Å²) in [6.07, 6.45) is 1.85. The normalized spacial score (nSPS) is 33.1. The molecule has 1 aromatic carbocycles. The third-order valence-electron chi connectivity index (χ3n) is 7.39. The summed E-state index contributed by atoms with van der Waals surface area (Å²) in [6.45, 7) is 5.74. The monoisotopic (exact) mass is 459 g/mol. The predicted octanol–water partition coefficient (Wildman–Crippen LogP) is 1.31. The standard InChI is InChI=1S/C24H33N3O6/c1-5-12-25-20(29)17-18-22(31)27(14(2)13-28)19(24(18)11-10-23(17,3)33-24)21(30)26-15-6-8-16(32-4)9-7-15/h6-9,14,17-19,28H,5,10-13H2,1-4H3,(H,25,29)(H,26,30)/t14-,17-,18+,19?,23+,24?/m1/s1. The number of amides is 3. The second-order valence-electron chi connectivity index (χ2n) is 9.51. The van der Waals surface area contributed by atoms with Crippen LogP contribution in [0.4, 0.5) is 5.69 Å². The van der Waals surface area contributed by atoms with E-state index in [1.54, 1.807) is 38.3 Å². The van der Waals surface area contributed by atoms with Crippen molar-refractivity contribution in [1.29, 1.82) is 0 Å². The second-order valence-corrected chi connectivity index (χ2v) is 9.51. The first-order chi connectivity index (χ1) is 15.7. The van der Waals surface area contributed by atoms with Crippen LogP contribution in [0.2, 0.25) is 0 Å². The summed E-state index contributed by atoms with van der Waals surface area (Å²) in [5.41, 5.74) is -1.37. The van der Waals surface area contributed by atoms with Crippen LogP contribution in [0.15, 0.2) is 24.3 Å². The van der Waals surface area contributed by atoms with Crippen LogP contribution >= 0.6 is 0 Å². The molecule has 0 aromatic heterocycles. The van der Waals surface area contributed by atoms with E-state index >= 15 is 0 Å². The molecule has 3 amide bonds. The van der Waals surface area contributed by atoms with Crippen molar-refractivity contribution in [3.63, 3.8) is 0 Å². The molecule has 3 saturated heterocycles. The van der Waals surface area contributed by atoms with E-state index in [-0.39, 0.29) is 18.4 Å². The molecule has 4 rings (SSSR count). The maximum Gasteiger partial charge on any atom is 0.250 e. The fraction of sp³-hybridized carbons (Fsp3) is 0.625. The van der Waals surface area contributed by atoms with Crippen molar-refractivity contribution < 1.29 is 29.0 Å². The maximum atomic E-state index is 13.7. The zero-order chi connectivity index (χ0) is 24.0. The number of aliphatic hydroxyl groups is 1. The van der Waals surface area contributed by atoms with Crippen molar-refractivity contribution >= 4 is 23.4 Å². The van der Waals surface area contributed by atoms with Gasteiger partial charge in [0, 0.05) is 12.2 Å². The van der Waals surface area contributed by atoms with Crippen LogP contribution in [-0.2, 0) is 19.1 Å². The van der Waals surface area contributed by atoms with Gasteiger partial charge in [0.15, 0.2) is 0 Å². The van der Waals surface area contributed by atoms with Crippen molar-refractivity contribution in [2.24, 2.45) is 11.8 Å². The molecule has 3 heterocycles. The van der Waals surface area contributed by atoms with Gasteiger partial charge in [-0.05, 0) is 57.4 Å². The molecular weight excluding hydrogens is 426 g/mol. The highest BCUT2D eigenvalue weighted by atomic mass is 16.5. The molecule has 0 saturated carbocycles. The van der Waals surface area contributed by atoms with Crippen LogP contribution in [0.1, 0.15) is 40.0 Å². The molecule has 3 aliphatic heterocycles. The van der Waals surface area contributed by atoms with E-state index in [0.717, 1.165) is 6.42 Å². The number of hydrogen-bond donors (Lipinski definition) is 3. The molecule has 2 unspecified atom stereocenters. The molecule has 9 heteroatoms. The number of carbonyl (C=O) groups excluding carboxylic acids is 3. The molecule has 0 aliphatic carbocycles. The van der Waals surface area contributed by atoms with Gasteiger partial charge in [-0.25, -0.2) is 0 Å². The van der Waals surface area contributed by atoms with E-state index in [1.165, 1.54) is 4.90 Å². The molecule has 3 fully saturated rings. The molecular formula is C24H33N3O6. The van der Waals surface area contributed by atoms with Crippen molar-refractivity contribution in [2.45, 2.75) is 63.3 Å². The Kier molecular flexibility index (Phi) is 6.13. The minimum absolute atomic E-state index is 0.216. The predicted molar refractivity (Wildman–Crippen MR) is 121 cm³/mol. The average Bonchev–Trinajstić information content (AvgIpc) is 3.38. The summed E-state index contributed by atoms with van der Waals surface area (Å²) in [5.74, 6) is -1.72. The molecule has 1 aromatic rings. The number of ether oxygens (including phenoxy) is 2. The van der Waals surface area contributed by atoms with E-state index < -0.39 is 41.0 Å². The SMILES string of the molecule is CCCNC(=O)[C@H]1[C@H]2C(=O)N([C@H](C)CO)C(C(=O)Nc3ccc(OC)cc3)C23CC[C@]1(C)O3. The summed E-state index contributed by atoms with van der Waals surface area (Å²) in [4.78, 5) is 41.9. The Hall–Kier alpha value is -2.65. The molecule has 0 radical (unpaired) electrons. The molecule has 6 atom stereocenters. The number of hydrogen-bond acceptors (Lipinski definition) is 6. The Morgan fingerprint density at radius 2 is 1.97 bits per heavy atom. The lowest BCUT2D eigenvalue weighted by Gasteiger charge is -2.35. The zero-order valence-corrected chi connectivity index (χ0v) is 19.6. The lowest BCUT2D eigenvalue weighted by molar-refractivity contribution is -0.147. The van der Waals surface area contributed by atoms with Crippen LogP contribution in [0, 0.1) is 11.8 Å². The Labute approximate surface area is 193 Å². The van der Waals surface area contributed by atoms with Gasteiger partial charge in [0.1, 0.15) is 17.4 Å². The zero-order valence-electron chi connectivity index (χ0n) is 19.6. The number of carbonyl (C=O) groups is 3. The highest BCUT2D eigenvalue weighted by Crippen LogP contribution is 2.63. The minimum Gasteiger partial charge on any atom is -0.497 e. The smallest absolute Gasteiger partial charge is 0.250 e. The van der Waals surface area contributed by atoms with Crippen LogP contribution < -0.4 is 15.4 Å². The average molecular weight is 460 g/mol. The van der Waals surface area contributed by atoms with Gasteiger partial charge >= 0.3 is 0 Å². The van der Waals surface area contributed by atoms with Crippen molar-refractivity contribution in [2.75, 3.05) is 25.6 Å². The summed E-state index contributed by atoms with van der Waals surface area (Å²) >= 11 is 0. The number of rotatable bonds is 8. The van der Waals surface area contributed by atoms with Crippen molar-refractivity contribution in [1.82, 2.24) is 10.2 Å². The Bertz CT molecular complexity index is 937. The van der Waals surface area contributed by atoms with Crippen molar-refractivity contribution in [3.8, 4) is 5.75 Å². The summed E-state index contributed by atoms with van der Waals surface area (Å²) in [5, 5.41) is 15.7. The largest absolute Gasteiger partial charge is 0.497 e. The molecule has 3 aliphatic rings. The van der Waals surface area contributed by atoms with Crippen LogP contribution in [0.3, 0.4) is 0 Å². The van der Waals surface area contributed by atoms with Crippen molar-refractivity contribution in [3.05, 3.63) is 24.3 Å². The lowest BCUT2D eigenvalue weighted by Crippen LogP contribution is -2.55. The number of anilines is 1. The van der Waals surface area contributed by atoms with Crippen LogP contribution in [-0.4, -0.2) is 71.3 Å². The molecule has 33 heavy (non-hydrogen) atoms. The molecule has 180 valence electrons. The Morgan fingerprint density at radius 3 is 2.58 bits per heavy atom. The van der Waals surface area contributed by atoms with E-state index in [1.807, 2.05) is 13.8 Å². The topological polar surface area (TPSA) is 117 Å². The van der Waals surface area contributed by atoms with Crippen LogP contribution in [0.5, 0.6) is 5.75 Å². The van der Waals surface area contributed by atoms with Gasteiger partial charge < -0.3 is 30.1 Å². The quantitative estimate of drug-likeness (QED) is 0.540. The third kappa shape index (κ3) is 3.58. The molecule has 1 spiro atoms. The first-order valence-electron chi connectivity index (χ1n) is 11.6. The van der Waals surface area contributed by atoms with Gasteiger partial charge in [0.25, 0.3) is 0 Å². The lowest BCUT2D eigenvalue weighted by atomic mass is 9.66. The fourth-order valence-corrected chi connectivity index (χ4v) is 5.87. The van der Waals surface area contributed by atoms with Gasteiger partial charge in [-0.1, -0.05) is 6.92 Å². The number of fused-ring (bicyclic) bond motifs is 1. The second kappa shape index (κ2) is 8.61.